The van der Waals surface area contributed by atoms with E-state index in [9.17, 15) is 32.8 Å². The lowest BCUT2D eigenvalue weighted by molar-refractivity contribution is -0.176. The number of alkyl halides is 3. The summed E-state index contributed by atoms with van der Waals surface area (Å²) in [5.74, 6) is -3.92. The number of piperidine rings is 1. The number of carbonyl (C=O) groups excluding carboxylic acids is 3. The zero-order chi connectivity index (χ0) is 28.2. The van der Waals surface area contributed by atoms with Gasteiger partial charge in [0.1, 0.15) is 18.1 Å². The molecule has 202 valence electrons. The Hall–Kier alpha value is -3.75. The van der Waals surface area contributed by atoms with E-state index in [4.69, 9.17) is 0 Å². The molecule has 2 fully saturated rings. The van der Waals surface area contributed by atoms with Crippen LogP contribution < -0.4 is 10.6 Å². The molecule has 5 atom stereocenters. The van der Waals surface area contributed by atoms with Crippen molar-refractivity contribution in [1.82, 2.24) is 25.5 Å². The van der Waals surface area contributed by atoms with Gasteiger partial charge in [-0.2, -0.15) is 18.4 Å². The van der Waals surface area contributed by atoms with Crippen LogP contribution in [-0.2, 0) is 14.4 Å². The van der Waals surface area contributed by atoms with Crippen molar-refractivity contribution >= 4 is 28.6 Å². The molecule has 12 heteroatoms. The molecule has 2 N–H and O–H groups in total. The van der Waals surface area contributed by atoms with Gasteiger partial charge >= 0.3 is 12.1 Å². The number of amides is 3. The standard InChI is InChI=1S/C26H29F3N6O3/c1-24(2,3)20(34-23(38)26(27,28)29)22(37)35-12-15-17(25(15,4)5)19(35)21(36)33-16(9-30)14-11-31-10-13-7-6-8-32-18(13)14/h6-8,10-11,15-17,19-20H,12H2,1-5H3,(H,33,36)(H,34,38)/t15?,16?,17-,19-,20+/m0/s1. The second-order valence-corrected chi connectivity index (χ2v) is 11.5. The summed E-state index contributed by atoms with van der Waals surface area (Å²) in [5, 5.41) is 15.1. The molecule has 38 heavy (non-hydrogen) atoms. The first-order chi connectivity index (χ1) is 17.6. The number of nitrogens with one attached hydrogen (secondary N) is 2. The first-order valence-corrected chi connectivity index (χ1v) is 12.2. The first-order valence-electron chi connectivity index (χ1n) is 12.2. The minimum absolute atomic E-state index is 0.0532. The van der Waals surface area contributed by atoms with E-state index < -0.39 is 47.4 Å². The van der Waals surface area contributed by atoms with E-state index in [2.05, 4.69) is 21.4 Å². The van der Waals surface area contributed by atoms with E-state index in [0.717, 1.165) is 0 Å². The Kier molecular flexibility index (Phi) is 6.62. The van der Waals surface area contributed by atoms with Gasteiger partial charge in [-0.25, -0.2) is 0 Å². The molecular weight excluding hydrogens is 501 g/mol. The van der Waals surface area contributed by atoms with Crippen LogP contribution in [0, 0.1) is 34.0 Å². The third-order valence-corrected chi connectivity index (χ3v) is 7.67. The predicted octanol–water partition coefficient (Wildman–Crippen LogP) is 2.89. The largest absolute Gasteiger partial charge is 0.471 e. The molecule has 1 aliphatic carbocycles. The first kappa shape index (κ1) is 27.3. The minimum atomic E-state index is -5.17. The maximum atomic E-state index is 13.7. The molecule has 2 aromatic rings. The second-order valence-electron chi connectivity index (χ2n) is 11.5. The molecule has 0 spiro atoms. The Bertz CT molecular complexity index is 1320. The normalized spacial score (nSPS) is 23.7. The van der Waals surface area contributed by atoms with Crippen molar-refractivity contribution in [1.29, 1.82) is 5.26 Å². The average molecular weight is 531 g/mol. The Balaban J connectivity index is 1.63. The van der Waals surface area contributed by atoms with E-state index in [0.29, 0.717) is 16.5 Å². The van der Waals surface area contributed by atoms with Crippen LogP contribution in [-0.4, -0.2) is 57.4 Å². The smallest absolute Gasteiger partial charge is 0.336 e. The van der Waals surface area contributed by atoms with Crippen LogP contribution in [0.5, 0.6) is 0 Å². The number of nitriles is 1. The SMILES string of the molecule is CC(C)(C)[C@H](NC(=O)C(F)(F)F)C(=O)N1CC2[C@@H]([C@H]1C(=O)NC(C#N)c1cncc3cccnc13)C2(C)C. The van der Waals surface area contributed by atoms with Gasteiger partial charge in [0.05, 0.1) is 11.6 Å². The topological polar surface area (TPSA) is 128 Å². The van der Waals surface area contributed by atoms with Crippen molar-refractivity contribution in [2.45, 2.75) is 58.9 Å². The van der Waals surface area contributed by atoms with Gasteiger partial charge in [-0.1, -0.05) is 34.6 Å². The average Bonchev–Trinajstić information content (AvgIpc) is 3.16. The number of hydrogen-bond donors (Lipinski definition) is 2. The molecule has 1 aliphatic heterocycles. The molecule has 0 aromatic carbocycles. The van der Waals surface area contributed by atoms with Crippen molar-refractivity contribution in [2.75, 3.05) is 6.54 Å². The van der Waals surface area contributed by atoms with E-state index in [1.165, 1.54) is 31.9 Å². The number of carbonyl (C=O) groups is 3. The predicted molar refractivity (Wildman–Crippen MR) is 130 cm³/mol. The van der Waals surface area contributed by atoms with Crippen molar-refractivity contribution in [3.8, 4) is 6.07 Å². The maximum Gasteiger partial charge on any atom is 0.471 e. The van der Waals surface area contributed by atoms with Crippen LogP contribution in [0.15, 0.2) is 30.7 Å². The quantitative estimate of drug-likeness (QED) is 0.612. The highest BCUT2D eigenvalue weighted by atomic mass is 19.4. The minimum Gasteiger partial charge on any atom is -0.336 e. The summed E-state index contributed by atoms with van der Waals surface area (Å²) in [6.07, 6.45) is -0.596. The number of rotatable bonds is 5. The molecule has 1 saturated carbocycles. The highest BCUT2D eigenvalue weighted by Crippen LogP contribution is 2.65. The van der Waals surface area contributed by atoms with Crippen molar-refractivity contribution in [2.24, 2.45) is 22.7 Å². The number of halogens is 3. The number of hydrogen-bond acceptors (Lipinski definition) is 6. The molecule has 4 rings (SSSR count). The monoisotopic (exact) mass is 530 g/mol. The lowest BCUT2D eigenvalue weighted by Gasteiger charge is -2.37. The number of likely N-dealkylation sites (tertiary alicyclic amines) is 1. The molecule has 3 amide bonds. The highest BCUT2D eigenvalue weighted by molar-refractivity contribution is 5.95. The number of nitrogens with zero attached hydrogens (tertiary/aromatic N) is 4. The van der Waals surface area contributed by atoms with Gasteiger partial charge in [0, 0.05) is 36.1 Å². The molecule has 0 radical (unpaired) electrons. The summed E-state index contributed by atoms with van der Waals surface area (Å²) in [4.78, 5) is 48.7. The van der Waals surface area contributed by atoms with E-state index >= 15 is 0 Å². The van der Waals surface area contributed by atoms with Gasteiger partial charge < -0.3 is 15.5 Å². The third-order valence-electron chi connectivity index (χ3n) is 7.67. The van der Waals surface area contributed by atoms with Crippen LogP contribution in [0.3, 0.4) is 0 Å². The third kappa shape index (κ3) is 4.77. The van der Waals surface area contributed by atoms with E-state index in [1.807, 2.05) is 19.2 Å². The summed E-state index contributed by atoms with van der Waals surface area (Å²) in [5.41, 5.74) is -0.486. The lowest BCUT2D eigenvalue weighted by atomic mass is 9.85. The zero-order valence-corrected chi connectivity index (χ0v) is 21.6. The van der Waals surface area contributed by atoms with Crippen LogP contribution in [0.25, 0.3) is 10.9 Å². The summed E-state index contributed by atoms with van der Waals surface area (Å²) in [6, 6.07) is 1.86. The fraction of sp³-hybridized carbons (Fsp3) is 0.538. The van der Waals surface area contributed by atoms with E-state index in [1.54, 1.807) is 24.5 Å². The van der Waals surface area contributed by atoms with Crippen molar-refractivity contribution in [3.63, 3.8) is 0 Å². The Morgan fingerprint density at radius 2 is 1.87 bits per heavy atom. The van der Waals surface area contributed by atoms with Crippen LogP contribution in [0.2, 0.25) is 0 Å². The maximum absolute atomic E-state index is 13.7. The Labute approximate surface area is 217 Å². The van der Waals surface area contributed by atoms with Crippen LogP contribution >= 0.6 is 0 Å². The van der Waals surface area contributed by atoms with Gasteiger partial charge in [-0.15, -0.1) is 0 Å². The molecule has 1 saturated heterocycles. The molecular formula is C26H29F3N6O3. The van der Waals surface area contributed by atoms with Gasteiger partial charge in [0.2, 0.25) is 11.8 Å². The Morgan fingerprint density at radius 1 is 1.18 bits per heavy atom. The second kappa shape index (κ2) is 9.22. The summed E-state index contributed by atoms with van der Waals surface area (Å²) in [6.45, 7) is 8.67. The number of pyridine rings is 2. The van der Waals surface area contributed by atoms with Gasteiger partial charge in [0.15, 0.2) is 0 Å². The molecule has 3 heterocycles. The van der Waals surface area contributed by atoms with E-state index in [-0.39, 0.29) is 23.8 Å². The fourth-order valence-corrected chi connectivity index (χ4v) is 5.48. The van der Waals surface area contributed by atoms with Gasteiger partial charge in [-0.05, 0) is 34.8 Å². The Morgan fingerprint density at radius 3 is 2.47 bits per heavy atom. The van der Waals surface area contributed by atoms with Gasteiger partial charge in [0.25, 0.3) is 0 Å². The zero-order valence-electron chi connectivity index (χ0n) is 21.6. The molecule has 2 aliphatic rings. The molecule has 2 aromatic heterocycles. The molecule has 2 unspecified atom stereocenters. The summed E-state index contributed by atoms with van der Waals surface area (Å²) < 4.78 is 39.1. The fourth-order valence-electron chi connectivity index (χ4n) is 5.48. The highest BCUT2D eigenvalue weighted by Gasteiger charge is 2.70. The van der Waals surface area contributed by atoms with Crippen LogP contribution in [0.4, 0.5) is 13.2 Å². The van der Waals surface area contributed by atoms with Gasteiger partial charge in [-0.3, -0.25) is 24.4 Å². The summed E-state index contributed by atoms with van der Waals surface area (Å²) >= 11 is 0. The summed E-state index contributed by atoms with van der Waals surface area (Å²) in [7, 11) is 0. The number of fused-ring (bicyclic) bond motifs is 2. The molecule has 0 bridgehead atoms. The lowest BCUT2D eigenvalue weighted by Crippen LogP contribution is -2.60. The van der Waals surface area contributed by atoms with Crippen LogP contribution in [0.1, 0.15) is 46.2 Å². The number of aromatic nitrogens is 2. The van der Waals surface area contributed by atoms with Crippen molar-refractivity contribution in [3.05, 3.63) is 36.3 Å². The van der Waals surface area contributed by atoms with Crippen molar-refractivity contribution < 1.29 is 27.6 Å². The molecule has 9 nitrogen and oxygen atoms in total.